The first-order chi connectivity index (χ1) is 9.43. The van der Waals surface area contributed by atoms with Gasteiger partial charge in [-0.3, -0.25) is 9.48 Å². The third kappa shape index (κ3) is 2.75. The van der Waals surface area contributed by atoms with Crippen LogP contribution in [0.4, 0.5) is 0 Å². The minimum atomic E-state index is -0.624. The van der Waals surface area contributed by atoms with Crippen molar-refractivity contribution in [2.45, 2.75) is 45.4 Å². The van der Waals surface area contributed by atoms with Gasteiger partial charge >= 0.3 is 0 Å². The fourth-order valence-electron chi connectivity index (χ4n) is 2.68. The van der Waals surface area contributed by atoms with Crippen molar-refractivity contribution in [3.8, 4) is 0 Å². The monoisotopic (exact) mass is 279 g/mol. The molecule has 1 aliphatic rings. The average Bonchev–Trinajstić information content (AvgIpc) is 2.95. The number of aldehydes is 1. The number of likely N-dealkylation sites (tertiary alicyclic amines) is 1. The van der Waals surface area contributed by atoms with Gasteiger partial charge in [-0.25, -0.2) is 0 Å². The maximum Gasteiger partial charge on any atom is 0.248 e. The molecule has 1 aromatic heterocycles. The third-order valence-corrected chi connectivity index (χ3v) is 3.66. The van der Waals surface area contributed by atoms with Crippen LogP contribution >= 0.6 is 0 Å². The predicted molar refractivity (Wildman–Crippen MR) is 73.0 cm³/mol. The largest absolute Gasteiger partial charge is 0.391 e. The van der Waals surface area contributed by atoms with Crippen molar-refractivity contribution in [2.24, 2.45) is 5.92 Å². The first-order valence-electron chi connectivity index (χ1n) is 6.88. The molecule has 1 N–H and O–H groups in total. The smallest absolute Gasteiger partial charge is 0.248 e. The van der Waals surface area contributed by atoms with E-state index in [0.717, 1.165) is 11.8 Å². The molecule has 0 bridgehead atoms. The van der Waals surface area contributed by atoms with E-state index in [1.165, 1.54) is 4.90 Å². The number of carbonyl (C=O) groups excluding carboxylic acids is 2. The van der Waals surface area contributed by atoms with Gasteiger partial charge < -0.3 is 14.8 Å². The highest BCUT2D eigenvalue weighted by Crippen LogP contribution is 2.25. The highest BCUT2D eigenvalue weighted by atomic mass is 16.3. The van der Waals surface area contributed by atoms with Gasteiger partial charge in [0.2, 0.25) is 5.91 Å². The standard InChI is InChI=1S/C14H21N3O3/c1-9(2)13(17-6-10(3)5-15-17)14(20)16-7-12(19)4-11(16)8-18/h5-6,8-9,11-13,19H,4,7H2,1-3H3. The molecule has 2 rings (SSSR count). The number of nitrogens with zero attached hydrogens (tertiary/aromatic N) is 3. The summed E-state index contributed by atoms with van der Waals surface area (Å²) < 4.78 is 1.65. The first-order valence-corrected chi connectivity index (χ1v) is 6.88. The molecule has 1 amide bonds. The van der Waals surface area contributed by atoms with E-state index in [1.54, 1.807) is 10.9 Å². The van der Waals surface area contributed by atoms with Crippen LogP contribution in [-0.2, 0) is 9.59 Å². The molecule has 0 spiro atoms. The number of aliphatic hydroxyl groups is 1. The molecule has 0 aliphatic carbocycles. The zero-order valence-corrected chi connectivity index (χ0v) is 12.1. The Balaban J connectivity index is 2.26. The zero-order chi connectivity index (χ0) is 14.9. The van der Waals surface area contributed by atoms with Crippen molar-refractivity contribution < 1.29 is 14.7 Å². The molecule has 0 aromatic carbocycles. The van der Waals surface area contributed by atoms with Gasteiger partial charge in [-0.15, -0.1) is 0 Å². The Bertz CT molecular complexity index is 498. The number of amides is 1. The Labute approximate surface area is 118 Å². The summed E-state index contributed by atoms with van der Waals surface area (Å²) in [6, 6.07) is -0.980. The van der Waals surface area contributed by atoms with Crippen LogP contribution in [0.25, 0.3) is 0 Å². The third-order valence-electron chi connectivity index (χ3n) is 3.66. The van der Waals surface area contributed by atoms with E-state index >= 15 is 0 Å². The van der Waals surface area contributed by atoms with Gasteiger partial charge in [-0.05, 0) is 18.4 Å². The quantitative estimate of drug-likeness (QED) is 0.817. The van der Waals surface area contributed by atoms with E-state index in [0.29, 0.717) is 6.42 Å². The zero-order valence-electron chi connectivity index (χ0n) is 12.1. The van der Waals surface area contributed by atoms with Crippen LogP contribution in [0.1, 0.15) is 31.9 Å². The normalized spacial score (nSPS) is 24.1. The molecule has 1 aromatic rings. The number of aliphatic hydroxyl groups excluding tert-OH is 1. The molecule has 110 valence electrons. The number of hydrogen-bond donors (Lipinski definition) is 1. The maximum absolute atomic E-state index is 12.7. The molecule has 1 fully saturated rings. The predicted octanol–water partition coefficient (Wildman–Crippen LogP) is 0.549. The Morgan fingerprint density at radius 1 is 1.55 bits per heavy atom. The van der Waals surface area contributed by atoms with Crippen molar-refractivity contribution in [3.05, 3.63) is 18.0 Å². The van der Waals surface area contributed by atoms with Crippen LogP contribution < -0.4 is 0 Å². The molecule has 0 saturated carbocycles. The number of aryl methyl sites for hydroxylation is 1. The van der Waals surface area contributed by atoms with Gasteiger partial charge in [-0.1, -0.05) is 13.8 Å². The van der Waals surface area contributed by atoms with Gasteiger partial charge in [0.15, 0.2) is 0 Å². The molecule has 2 heterocycles. The summed E-state index contributed by atoms with van der Waals surface area (Å²) in [7, 11) is 0. The van der Waals surface area contributed by atoms with Crippen molar-refractivity contribution >= 4 is 12.2 Å². The molecular weight excluding hydrogens is 258 g/mol. The van der Waals surface area contributed by atoms with E-state index in [-0.39, 0.29) is 18.4 Å². The van der Waals surface area contributed by atoms with Gasteiger partial charge in [-0.2, -0.15) is 5.10 Å². The second kappa shape index (κ2) is 5.75. The molecule has 0 radical (unpaired) electrons. The minimum absolute atomic E-state index is 0.0480. The summed E-state index contributed by atoms with van der Waals surface area (Å²) in [5.41, 5.74) is 0.983. The highest BCUT2D eigenvalue weighted by Gasteiger charge is 2.38. The number of rotatable bonds is 4. The lowest BCUT2D eigenvalue weighted by atomic mass is 10.0. The van der Waals surface area contributed by atoms with Crippen molar-refractivity contribution in [3.63, 3.8) is 0 Å². The fourth-order valence-corrected chi connectivity index (χ4v) is 2.68. The van der Waals surface area contributed by atoms with Crippen molar-refractivity contribution in [1.29, 1.82) is 0 Å². The van der Waals surface area contributed by atoms with E-state index in [2.05, 4.69) is 5.10 Å². The van der Waals surface area contributed by atoms with E-state index < -0.39 is 18.2 Å². The summed E-state index contributed by atoms with van der Waals surface area (Å²) in [6.07, 6.45) is 3.96. The van der Waals surface area contributed by atoms with Crippen LogP contribution in [-0.4, -0.2) is 50.7 Å². The SMILES string of the molecule is Cc1cnn(C(C(=O)N2CC(O)CC2C=O)C(C)C)c1. The summed E-state index contributed by atoms with van der Waals surface area (Å²) in [6.45, 7) is 6.02. The number of β-amino-alcohol motifs (C(OH)–C–C–N with tert-alkyl or cyclic N) is 1. The van der Waals surface area contributed by atoms with Crippen molar-refractivity contribution in [2.75, 3.05) is 6.54 Å². The Morgan fingerprint density at radius 3 is 2.75 bits per heavy atom. The van der Waals surface area contributed by atoms with E-state index in [1.807, 2.05) is 27.0 Å². The number of carbonyl (C=O) groups is 2. The molecule has 20 heavy (non-hydrogen) atoms. The molecule has 1 saturated heterocycles. The Kier molecular flexibility index (Phi) is 4.23. The van der Waals surface area contributed by atoms with Crippen LogP contribution in [0.15, 0.2) is 12.4 Å². The Hall–Kier alpha value is -1.69. The van der Waals surface area contributed by atoms with Gasteiger partial charge in [0, 0.05) is 19.2 Å². The highest BCUT2D eigenvalue weighted by molar-refractivity contribution is 5.84. The molecule has 3 unspecified atom stereocenters. The van der Waals surface area contributed by atoms with E-state index in [9.17, 15) is 14.7 Å². The molecular formula is C14H21N3O3. The topological polar surface area (TPSA) is 75.4 Å². The van der Waals surface area contributed by atoms with Crippen LogP contribution in [0, 0.1) is 12.8 Å². The van der Waals surface area contributed by atoms with Crippen LogP contribution in [0.5, 0.6) is 0 Å². The summed E-state index contributed by atoms with van der Waals surface area (Å²) in [5.74, 6) is -0.108. The second-order valence-electron chi connectivity index (χ2n) is 5.77. The Morgan fingerprint density at radius 2 is 2.25 bits per heavy atom. The minimum Gasteiger partial charge on any atom is -0.391 e. The van der Waals surface area contributed by atoms with Gasteiger partial charge in [0.25, 0.3) is 0 Å². The molecule has 6 nitrogen and oxygen atoms in total. The summed E-state index contributed by atoms with van der Waals surface area (Å²) in [5, 5.41) is 13.9. The van der Waals surface area contributed by atoms with Gasteiger partial charge in [0.1, 0.15) is 12.3 Å². The lowest BCUT2D eigenvalue weighted by molar-refractivity contribution is -0.139. The average molecular weight is 279 g/mol. The van der Waals surface area contributed by atoms with Crippen molar-refractivity contribution in [1.82, 2.24) is 14.7 Å². The summed E-state index contributed by atoms with van der Waals surface area (Å²) in [4.78, 5) is 25.3. The fraction of sp³-hybridized carbons (Fsp3) is 0.643. The lowest BCUT2D eigenvalue weighted by Crippen LogP contribution is -2.43. The molecule has 1 aliphatic heterocycles. The lowest BCUT2D eigenvalue weighted by Gasteiger charge is -2.28. The second-order valence-corrected chi connectivity index (χ2v) is 5.77. The maximum atomic E-state index is 12.7. The van der Waals surface area contributed by atoms with Crippen LogP contribution in [0.2, 0.25) is 0 Å². The van der Waals surface area contributed by atoms with E-state index in [4.69, 9.17) is 0 Å². The van der Waals surface area contributed by atoms with Gasteiger partial charge in [0.05, 0.1) is 18.3 Å². The first kappa shape index (κ1) is 14.7. The molecule has 3 atom stereocenters. The number of aromatic nitrogens is 2. The van der Waals surface area contributed by atoms with Crippen LogP contribution in [0.3, 0.4) is 0 Å². The number of hydrogen-bond acceptors (Lipinski definition) is 4. The molecule has 6 heteroatoms. The summed E-state index contributed by atoms with van der Waals surface area (Å²) >= 11 is 0.